The van der Waals surface area contributed by atoms with Crippen molar-refractivity contribution in [1.29, 1.82) is 0 Å². The molecule has 0 fully saturated rings. The monoisotopic (exact) mass is 417 g/mol. The van der Waals surface area contributed by atoms with Gasteiger partial charge < -0.3 is 4.74 Å². The van der Waals surface area contributed by atoms with E-state index in [0.717, 1.165) is 40.1 Å². The highest BCUT2D eigenvalue weighted by molar-refractivity contribution is 5.91. The third kappa shape index (κ3) is 4.35. The fourth-order valence-electron chi connectivity index (χ4n) is 3.74. The van der Waals surface area contributed by atoms with Crippen LogP contribution >= 0.6 is 0 Å². The number of hydrogen-bond donors (Lipinski definition) is 0. The van der Waals surface area contributed by atoms with Crippen LogP contribution in [0.15, 0.2) is 42.7 Å². The molecule has 0 saturated heterocycles. The van der Waals surface area contributed by atoms with Gasteiger partial charge in [0.05, 0.1) is 30.2 Å². The highest BCUT2D eigenvalue weighted by Gasteiger charge is 2.20. The summed E-state index contributed by atoms with van der Waals surface area (Å²) in [4.78, 5) is 17.2. The van der Waals surface area contributed by atoms with E-state index in [1.54, 1.807) is 0 Å². The van der Waals surface area contributed by atoms with Crippen LogP contribution in [0.5, 0.6) is 0 Å². The summed E-state index contributed by atoms with van der Waals surface area (Å²) in [6, 6.07) is 10.1. The molecule has 4 rings (SSSR count). The van der Waals surface area contributed by atoms with Crippen LogP contribution in [0.1, 0.15) is 50.6 Å². The number of nitrogens with zero attached hydrogens (tertiary/aromatic N) is 5. The minimum absolute atomic E-state index is 0.318. The van der Waals surface area contributed by atoms with Crippen molar-refractivity contribution in [2.24, 2.45) is 0 Å². The van der Waals surface area contributed by atoms with Crippen molar-refractivity contribution in [3.8, 4) is 0 Å². The molecule has 0 N–H and O–H groups in total. The Hall–Kier alpha value is -3.48. The molecule has 7 nitrogen and oxygen atoms in total. The number of carbonyl (C=O) groups is 1. The highest BCUT2D eigenvalue weighted by atomic mass is 16.5. The van der Waals surface area contributed by atoms with Crippen molar-refractivity contribution in [3.05, 3.63) is 82.1 Å². The molecule has 160 valence electrons. The number of carbonyl (C=O) groups excluding carboxylic acids is 1. The molecule has 0 radical (unpaired) electrons. The van der Waals surface area contributed by atoms with Crippen molar-refractivity contribution in [1.82, 2.24) is 24.4 Å². The van der Waals surface area contributed by atoms with Gasteiger partial charge in [-0.1, -0.05) is 30.3 Å². The van der Waals surface area contributed by atoms with E-state index in [1.165, 1.54) is 0 Å². The average molecular weight is 418 g/mol. The van der Waals surface area contributed by atoms with E-state index in [0.29, 0.717) is 30.8 Å². The molecule has 0 amide bonds. The quantitative estimate of drug-likeness (QED) is 0.336. The molecule has 0 saturated carbocycles. The maximum Gasteiger partial charge on any atom is 0.341 e. The first-order valence-electron chi connectivity index (χ1n) is 10.5. The topological polar surface area (TPSA) is 74.3 Å². The zero-order chi connectivity index (χ0) is 22.0. The van der Waals surface area contributed by atoms with Crippen molar-refractivity contribution >= 4 is 11.6 Å². The van der Waals surface area contributed by atoms with Crippen LogP contribution in [0, 0.1) is 27.7 Å². The number of aromatic nitrogens is 5. The van der Waals surface area contributed by atoms with E-state index in [9.17, 15) is 4.79 Å². The van der Waals surface area contributed by atoms with Crippen LogP contribution in [-0.2, 0) is 17.7 Å². The summed E-state index contributed by atoms with van der Waals surface area (Å²) in [6.07, 6.45) is 5.34. The Balaban J connectivity index is 1.35. The Morgan fingerprint density at radius 1 is 1.00 bits per heavy atom. The number of ether oxygens (including phenoxy) is 1. The molecule has 0 bridgehead atoms. The summed E-state index contributed by atoms with van der Waals surface area (Å²) in [7, 11) is 0. The van der Waals surface area contributed by atoms with Crippen molar-refractivity contribution in [3.63, 3.8) is 0 Å². The predicted molar refractivity (Wildman–Crippen MR) is 118 cm³/mol. The molecule has 0 spiro atoms. The minimum Gasteiger partial charge on any atom is -0.462 e. The van der Waals surface area contributed by atoms with E-state index in [-0.39, 0.29) is 5.97 Å². The van der Waals surface area contributed by atoms with Crippen molar-refractivity contribution < 1.29 is 9.53 Å². The normalized spacial score (nSPS) is 11.2. The van der Waals surface area contributed by atoms with Gasteiger partial charge in [-0.05, 0) is 51.7 Å². The second-order valence-electron chi connectivity index (χ2n) is 7.87. The first kappa shape index (κ1) is 20.8. The second kappa shape index (κ2) is 8.71. The number of rotatable bonds is 7. The average Bonchev–Trinajstić information content (AvgIpc) is 3.20. The molecule has 0 aliphatic rings. The molecule has 0 atom stereocenters. The summed E-state index contributed by atoms with van der Waals surface area (Å²) in [5, 5.41) is 9.02. The summed E-state index contributed by atoms with van der Waals surface area (Å²) >= 11 is 0. The molecule has 31 heavy (non-hydrogen) atoms. The van der Waals surface area contributed by atoms with Gasteiger partial charge >= 0.3 is 5.97 Å². The number of benzene rings is 1. The van der Waals surface area contributed by atoms with Crippen molar-refractivity contribution in [2.75, 3.05) is 6.61 Å². The molecule has 7 heteroatoms. The zero-order valence-electron chi connectivity index (χ0n) is 18.4. The molecule has 1 aromatic carbocycles. The Kier molecular flexibility index (Phi) is 5.84. The molecule has 0 aliphatic heterocycles. The van der Waals surface area contributed by atoms with Gasteiger partial charge in [0.25, 0.3) is 0 Å². The fourth-order valence-corrected chi connectivity index (χ4v) is 3.74. The standard InChI is InChI=1S/C24H27N5O2/c1-16-17(2)26-29-15-21(13-25-23(16)29)11-8-12-31-24(30)22-18(3)27-28(19(22)4)14-20-9-6-5-7-10-20/h5-7,9-10,13,15H,8,11-12,14H2,1-4H3. The lowest BCUT2D eigenvalue weighted by molar-refractivity contribution is 0.0498. The number of fused-ring (bicyclic) bond motifs is 1. The molecule has 3 heterocycles. The van der Waals surface area contributed by atoms with Crippen LogP contribution < -0.4 is 0 Å². The molecule has 0 unspecified atom stereocenters. The number of aryl methyl sites for hydroxylation is 4. The molecule has 0 aliphatic carbocycles. The highest BCUT2D eigenvalue weighted by Crippen LogP contribution is 2.17. The molecule has 3 aromatic heterocycles. The Morgan fingerprint density at radius 3 is 2.55 bits per heavy atom. The van der Waals surface area contributed by atoms with Gasteiger partial charge in [0.2, 0.25) is 0 Å². The van der Waals surface area contributed by atoms with Crippen molar-refractivity contribution in [2.45, 2.75) is 47.1 Å². The van der Waals surface area contributed by atoms with Gasteiger partial charge in [0.15, 0.2) is 5.65 Å². The SMILES string of the molecule is Cc1nn(Cc2ccccc2)c(C)c1C(=O)OCCCc1cnc2c(C)c(C)nn2c1. The maximum absolute atomic E-state index is 12.7. The Bertz CT molecular complexity index is 1220. The van der Waals surface area contributed by atoms with Crippen LogP contribution in [0.25, 0.3) is 5.65 Å². The van der Waals surface area contributed by atoms with Gasteiger partial charge in [-0.25, -0.2) is 14.3 Å². The van der Waals surface area contributed by atoms with Crippen LogP contribution in [-0.4, -0.2) is 37.0 Å². The predicted octanol–water partition coefficient (Wildman–Crippen LogP) is 4.00. The maximum atomic E-state index is 12.7. The van der Waals surface area contributed by atoms with Gasteiger partial charge in [0, 0.05) is 18.0 Å². The first-order chi connectivity index (χ1) is 14.9. The van der Waals surface area contributed by atoms with Crippen LogP contribution in [0.4, 0.5) is 0 Å². The number of esters is 1. The van der Waals surface area contributed by atoms with E-state index in [1.807, 2.05) is 79.6 Å². The molecular formula is C24H27N5O2. The van der Waals surface area contributed by atoms with E-state index < -0.39 is 0 Å². The van der Waals surface area contributed by atoms with Gasteiger partial charge in [-0.3, -0.25) is 4.68 Å². The largest absolute Gasteiger partial charge is 0.462 e. The Morgan fingerprint density at radius 2 is 1.77 bits per heavy atom. The summed E-state index contributed by atoms with van der Waals surface area (Å²) in [6.45, 7) is 8.73. The summed E-state index contributed by atoms with van der Waals surface area (Å²) in [5.41, 5.74) is 7.24. The van der Waals surface area contributed by atoms with Crippen LogP contribution in [0.3, 0.4) is 0 Å². The second-order valence-corrected chi connectivity index (χ2v) is 7.87. The number of hydrogen-bond acceptors (Lipinski definition) is 5. The lowest BCUT2D eigenvalue weighted by atomic mass is 10.2. The van der Waals surface area contributed by atoms with Crippen LogP contribution in [0.2, 0.25) is 0 Å². The van der Waals surface area contributed by atoms with Gasteiger partial charge in [-0.2, -0.15) is 10.2 Å². The third-order valence-corrected chi connectivity index (χ3v) is 5.60. The lowest BCUT2D eigenvalue weighted by Crippen LogP contribution is -2.10. The van der Waals surface area contributed by atoms with E-state index >= 15 is 0 Å². The molecular weight excluding hydrogens is 390 g/mol. The van der Waals surface area contributed by atoms with Gasteiger partial charge in [-0.15, -0.1) is 0 Å². The lowest BCUT2D eigenvalue weighted by Gasteiger charge is -2.07. The smallest absolute Gasteiger partial charge is 0.341 e. The zero-order valence-corrected chi connectivity index (χ0v) is 18.4. The Labute approximate surface area is 181 Å². The third-order valence-electron chi connectivity index (χ3n) is 5.60. The summed E-state index contributed by atoms with van der Waals surface area (Å²) < 4.78 is 9.23. The first-order valence-corrected chi connectivity index (χ1v) is 10.5. The molecule has 4 aromatic rings. The van der Waals surface area contributed by atoms with Gasteiger partial charge in [0.1, 0.15) is 5.56 Å². The van der Waals surface area contributed by atoms with E-state index in [2.05, 4.69) is 15.2 Å². The fraction of sp³-hybridized carbons (Fsp3) is 0.333. The van der Waals surface area contributed by atoms with E-state index in [4.69, 9.17) is 4.74 Å². The minimum atomic E-state index is -0.318. The summed E-state index contributed by atoms with van der Waals surface area (Å²) in [5.74, 6) is -0.318.